The van der Waals surface area contributed by atoms with Gasteiger partial charge in [0.15, 0.2) is 11.5 Å². The van der Waals surface area contributed by atoms with Crippen molar-refractivity contribution in [2.45, 2.75) is 24.5 Å². The van der Waals surface area contributed by atoms with Crippen LogP contribution in [-0.2, 0) is 5.75 Å². The normalized spacial score (nSPS) is 10.6. The molecule has 142 valence electrons. The topological polar surface area (TPSA) is 66.6 Å². The van der Waals surface area contributed by atoms with Crippen molar-refractivity contribution in [2.24, 2.45) is 0 Å². The number of benzene rings is 2. The van der Waals surface area contributed by atoms with E-state index in [9.17, 15) is 0 Å². The maximum Gasteiger partial charge on any atom is 0.247 e. The molecule has 0 atom stereocenters. The van der Waals surface area contributed by atoms with Gasteiger partial charge in [-0.2, -0.15) is 0 Å². The quantitative estimate of drug-likeness (QED) is 0.488. The highest BCUT2D eigenvalue weighted by Gasteiger charge is 2.13. The average molecular weight is 386 g/mol. The number of thioether (sulfide) groups is 1. The van der Waals surface area contributed by atoms with Crippen LogP contribution in [-0.4, -0.2) is 30.5 Å². The number of methoxy groups -OCH3 is 1. The molecule has 0 saturated heterocycles. The molecule has 0 unspecified atom stereocenters. The SMILES string of the molecule is CCOc1ccc(-c2nnc(CSc3ccccc3OC)o2)cc1OCC. The summed E-state index contributed by atoms with van der Waals surface area (Å²) >= 11 is 1.59. The molecule has 1 aromatic heterocycles. The molecule has 0 aliphatic rings. The van der Waals surface area contributed by atoms with Gasteiger partial charge in [0.2, 0.25) is 11.8 Å². The van der Waals surface area contributed by atoms with E-state index < -0.39 is 0 Å². The first kappa shape index (κ1) is 19.1. The summed E-state index contributed by atoms with van der Waals surface area (Å²) in [4.78, 5) is 1.03. The van der Waals surface area contributed by atoms with Gasteiger partial charge < -0.3 is 18.6 Å². The highest BCUT2D eigenvalue weighted by Crippen LogP contribution is 2.34. The Morgan fingerprint density at radius 1 is 0.926 bits per heavy atom. The van der Waals surface area contributed by atoms with E-state index in [2.05, 4.69) is 10.2 Å². The number of hydrogen-bond donors (Lipinski definition) is 0. The molecule has 2 aromatic carbocycles. The number of ether oxygens (including phenoxy) is 3. The maximum atomic E-state index is 5.82. The van der Waals surface area contributed by atoms with Crippen LogP contribution in [0.3, 0.4) is 0 Å². The van der Waals surface area contributed by atoms with Crippen LogP contribution in [0, 0.1) is 0 Å². The molecule has 0 aliphatic heterocycles. The van der Waals surface area contributed by atoms with Crippen molar-refractivity contribution in [3.05, 3.63) is 48.4 Å². The first-order chi connectivity index (χ1) is 13.2. The summed E-state index contributed by atoms with van der Waals surface area (Å²) in [5.74, 6) is 3.76. The minimum Gasteiger partial charge on any atom is -0.496 e. The smallest absolute Gasteiger partial charge is 0.247 e. The number of rotatable bonds is 9. The summed E-state index contributed by atoms with van der Waals surface area (Å²) in [6.45, 7) is 4.99. The molecule has 6 nitrogen and oxygen atoms in total. The Morgan fingerprint density at radius 3 is 2.48 bits per heavy atom. The van der Waals surface area contributed by atoms with E-state index in [4.69, 9.17) is 18.6 Å². The second kappa shape index (κ2) is 9.32. The van der Waals surface area contributed by atoms with Gasteiger partial charge in [0.25, 0.3) is 0 Å². The summed E-state index contributed by atoms with van der Waals surface area (Å²) in [6.07, 6.45) is 0. The summed E-state index contributed by atoms with van der Waals surface area (Å²) < 4.78 is 22.4. The van der Waals surface area contributed by atoms with E-state index in [0.29, 0.717) is 42.2 Å². The number of para-hydroxylation sites is 1. The van der Waals surface area contributed by atoms with E-state index in [-0.39, 0.29) is 0 Å². The van der Waals surface area contributed by atoms with Crippen molar-refractivity contribution >= 4 is 11.8 Å². The number of nitrogens with zero attached hydrogens (tertiary/aromatic N) is 2. The fourth-order valence-electron chi connectivity index (χ4n) is 2.49. The predicted octanol–water partition coefficient (Wildman–Crippen LogP) is 4.83. The van der Waals surface area contributed by atoms with E-state index >= 15 is 0 Å². The molecular formula is C20H22N2O4S. The summed E-state index contributed by atoms with van der Waals surface area (Å²) in [5.41, 5.74) is 0.794. The van der Waals surface area contributed by atoms with Gasteiger partial charge in [0.1, 0.15) is 5.75 Å². The molecule has 0 saturated carbocycles. The Labute approximate surface area is 162 Å². The van der Waals surface area contributed by atoms with Crippen molar-refractivity contribution in [1.82, 2.24) is 10.2 Å². The third kappa shape index (κ3) is 4.74. The van der Waals surface area contributed by atoms with Crippen LogP contribution >= 0.6 is 11.8 Å². The van der Waals surface area contributed by atoms with Gasteiger partial charge in [0.05, 0.1) is 26.1 Å². The molecule has 0 spiro atoms. The second-order valence-electron chi connectivity index (χ2n) is 5.47. The van der Waals surface area contributed by atoms with E-state index in [0.717, 1.165) is 16.2 Å². The van der Waals surface area contributed by atoms with Crippen LogP contribution in [0.4, 0.5) is 0 Å². The lowest BCUT2D eigenvalue weighted by molar-refractivity contribution is 0.288. The minimum atomic E-state index is 0.453. The van der Waals surface area contributed by atoms with Gasteiger partial charge in [0, 0.05) is 10.5 Å². The van der Waals surface area contributed by atoms with Crippen LogP contribution < -0.4 is 14.2 Å². The second-order valence-corrected chi connectivity index (χ2v) is 6.49. The molecule has 0 N–H and O–H groups in total. The zero-order valence-corrected chi connectivity index (χ0v) is 16.4. The Morgan fingerprint density at radius 2 is 1.70 bits per heavy atom. The van der Waals surface area contributed by atoms with Crippen LogP contribution in [0.15, 0.2) is 51.8 Å². The Bertz CT molecular complexity index is 882. The minimum absolute atomic E-state index is 0.453. The molecule has 0 amide bonds. The molecule has 7 heteroatoms. The lowest BCUT2D eigenvalue weighted by Gasteiger charge is -2.11. The molecule has 3 aromatic rings. The molecule has 3 rings (SSSR count). The van der Waals surface area contributed by atoms with Gasteiger partial charge in [-0.1, -0.05) is 12.1 Å². The average Bonchev–Trinajstić information content (AvgIpc) is 3.17. The molecule has 0 bridgehead atoms. The summed E-state index contributed by atoms with van der Waals surface area (Å²) in [7, 11) is 1.66. The predicted molar refractivity (Wildman–Crippen MR) is 105 cm³/mol. The molecular weight excluding hydrogens is 364 g/mol. The fourth-order valence-corrected chi connectivity index (χ4v) is 3.35. The monoisotopic (exact) mass is 386 g/mol. The molecule has 0 radical (unpaired) electrons. The van der Waals surface area contributed by atoms with Crippen molar-refractivity contribution in [2.75, 3.05) is 20.3 Å². The van der Waals surface area contributed by atoms with Crippen LogP contribution in [0.25, 0.3) is 11.5 Å². The van der Waals surface area contributed by atoms with Crippen molar-refractivity contribution in [3.63, 3.8) is 0 Å². The summed E-state index contributed by atoms with van der Waals surface area (Å²) in [6, 6.07) is 13.4. The van der Waals surface area contributed by atoms with Crippen molar-refractivity contribution < 1.29 is 18.6 Å². The fraction of sp³-hybridized carbons (Fsp3) is 0.300. The Balaban J connectivity index is 1.74. The van der Waals surface area contributed by atoms with Crippen LogP contribution in [0.5, 0.6) is 17.2 Å². The molecule has 0 fully saturated rings. The van der Waals surface area contributed by atoms with Crippen LogP contribution in [0.2, 0.25) is 0 Å². The maximum absolute atomic E-state index is 5.82. The lowest BCUT2D eigenvalue weighted by Crippen LogP contribution is -1.98. The first-order valence-corrected chi connectivity index (χ1v) is 9.71. The zero-order chi connectivity index (χ0) is 19.1. The van der Waals surface area contributed by atoms with E-state index in [1.807, 2.05) is 56.3 Å². The van der Waals surface area contributed by atoms with Crippen molar-refractivity contribution in [3.8, 4) is 28.7 Å². The van der Waals surface area contributed by atoms with Gasteiger partial charge in [-0.15, -0.1) is 22.0 Å². The zero-order valence-electron chi connectivity index (χ0n) is 15.6. The lowest BCUT2D eigenvalue weighted by atomic mass is 10.2. The summed E-state index contributed by atoms with van der Waals surface area (Å²) in [5, 5.41) is 8.31. The van der Waals surface area contributed by atoms with E-state index in [1.54, 1.807) is 18.9 Å². The first-order valence-electron chi connectivity index (χ1n) is 8.73. The number of aromatic nitrogens is 2. The van der Waals surface area contributed by atoms with Gasteiger partial charge in [-0.3, -0.25) is 0 Å². The Kier molecular flexibility index (Phi) is 6.59. The largest absolute Gasteiger partial charge is 0.496 e. The molecule has 27 heavy (non-hydrogen) atoms. The Hall–Kier alpha value is -2.67. The van der Waals surface area contributed by atoms with E-state index in [1.165, 1.54) is 0 Å². The van der Waals surface area contributed by atoms with Crippen molar-refractivity contribution in [1.29, 1.82) is 0 Å². The number of hydrogen-bond acceptors (Lipinski definition) is 7. The van der Waals surface area contributed by atoms with Gasteiger partial charge >= 0.3 is 0 Å². The molecule has 0 aliphatic carbocycles. The standard InChI is InChI=1S/C20H22N2O4S/c1-4-24-15-11-10-14(12-17(15)25-5-2)20-22-21-19(26-20)13-27-18-9-7-6-8-16(18)23-3/h6-12H,4-5,13H2,1-3H3. The third-order valence-corrected chi connectivity index (χ3v) is 4.72. The highest BCUT2D eigenvalue weighted by molar-refractivity contribution is 7.98. The third-order valence-electron chi connectivity index (χ3n) is 3.68. The van der Waals surface area contributed by atoms with Gasteiger partial charge in [-0.25, -0.2) is 0 Å². The molecule has 1 heterocycles. The highest BCUT2D eigenvalue weighted by atomic mass is 32.2. The van der Waals surface area contributed by atoms with Gasteiger partial charge in [-0.05, 0) is 44.2 Å². The van der Waals surface area contributed by atoms with Crippen LogP contribution in [0.1, 0.15) is 19.7 Å².